The zero-order valence-corrected chi connectivity index (χ0v) is 10.2. The molecule has 0 heterocycles. The maximum absolute atomic E-state index is 11.3. The van der Waals surface area contributed by atoms with Crippen molar-refractivity contribution < 1.29 is 28.7 Å². The number of carbonyl (C=O) groups excluding carboxylic acids is 2. The van der Waals surface area contributed by atoms with Gasteiger partial charge in [-0.15, -0.1) is 0 Å². The first kappa shape index (κ1) is 14.4. The Morgan fingerprint density at radius 3 is 2.26 bits per heavy atom. The molecule has 1 aromatic carbocycles. The van der Waals surface area contributed by atoms with Gasteiger partial charge in [-0.1, -0.05) is 0 Å². The fraction of sp³-hybridized carbons (Fsp3) is 0.273. The SMILES string of the molecule is CC(=O)O[C@H](C)OC(=O)Oc1ccc([N+](=O)[O-])cc1. The van der Waals surface area contributed by atoms with E-state index in [2.05, 4.69) is 9.47 Å². The minimum absolute atomic E-state index is 0.0747. The summed E-state index contributed by atoms with van der Waals surface area (Å²) in [6.45, 7) is 2.51. The van der Waals surface area contributed by atoms with Gasteiger partial charge in [-0.05, 0) is 12.1 Å². The standard InChI is InChI=1S/C11H11NO7/c1-7(13)17-8(2)18-11(14)19-10-5-3-9(4-6-10)12(15)16/h3-6,8H,1-2H3/t8-/m0/s1. The van der Waals surface area contributed by atoms with E-state index < -0.39 is 23.3 Å². The zero-order chi connectivity index (χ0) is 14.4. The largest absolute Gasteiger partial charge is 0.516 e. The molecule has 0 aliphatic heterocycles. The molecule has 0 unspecified atom stereocenters. The summed E-state index contributed by atoms with van der Waals surface area (Å²) in [6.07, 6.45) is -2.16. The lowest BCUT2D eigenvalue weighted by molar-refractivity contribution is -0.384. The van der Waals surface area contributed by atoms with Crippen LogP contribution in [0.4, 0.5) is 10.5 Å². The number of rotatable bonds is 4. The second-order valence-corrected chi connectivity index (χ2v) is 3.40. The van der Waals surface area contributed by atoms with E-state index in [0.29, 0.717) is 0 Å². The van der Waals surface area contributed by atoms with Gasteiger partial charge >= 0.3 is 12.1 Å². The molecular formula is C11H11NO7. The van der Waals surface area contributed by atoms with Crippen molar-refractivity contribution in [1.29, 1.82) is 0 Å². The van der Waals surface area contributed by atoms with E-state index in [4.69, 9.17) is 4.74 Å². The number of nitrogens with zero attached hydrogens (tertiary/aromatic N) is 1. The first-order valence-electron chi connectivity index (χ1n) is 5.18. The predicted octanol–water partition coefficient (Wildman–Crippen LogP) is 2.02. The summed E-state index contributed by atoms with van der Waals surface area (Å²) < 4.78 is 13.9. The minimum atomic E-state index is -1.08. The monoisotopic (exact) mass is 269 g/mol. The Morgan fingerprint density at radius 1 is 1.21 bits per heavy atom. The van der Waals surface area contributed by atoms with Crippen LogP contribution in [0.3, 0.4) is 0 Å². The molecule has 0 saturated heterocycles. The second-order valence-electron chi connectivity index (χ2n) is 3.40. The van der Waals surface area contributed by atoms with Gasteiger partial charge in [0.2, 0.25) is 6.29 Å². The van der Waals surface area contributed by atoms with E-state index in [-0.39, 0.29) is 11.4 Å². The van der Waals surface area contributed by atoms with Gasteiger partial charge < -0.3 is 14.2 Å². The Morgan fingerprint density at radius 2 is 1.79 bits per heavy atom. The first-order valence-corrected chi connectivity index (χ1v) is 5.18. The molecule has 0 N–H and O–H groups in total. The molecule has 0 saturated carbocycles. The van der Waals surface area contributed by atoms with Crippen LogP contribution in [-0.2, 0) is 14.3 Å². The highest BCUT2D eigenvalue weighted by Crippen LogP contribution is 2.17. The highest BCUT2D eigenvalue weighted by Gasteiger charge is 2.14. The van der Waals surface area contributed by atoms with E-state index in [1.54, 1.807) is 0 Å². The van der Waals surface area contributed by atoms with E-state index >= 15 is 0 Å². The molecule has 0 spiro atoms. The summed E-state index contributed by atoms with van der Waals surface area (Å²) in [5.41, 5.74) is -0.131. The summed E-state index contributed by atoms with van der Waals surface area (Å²) in [7, 11) is 0. The van der Waals surface area contributed by atoms with Crippen molar-refractivity contribution in [3.05, 3.63) is 34.4 Å². The van der Waals surface area contributed by atoms with Gasteiger partial charge in [0.15, 0.2) is 0 Å². The number of nitro groups is 1. The van der Waals surface area contributed by atoms with E-state index in [0.717, 1.165) is 0 Å². The van der Waals surface area contributed by atoms with Crippen LogP contribution in [-0.4, -0.2) is 23.3 Å². The third-order valence-corrected chi connectivity index (χ3v) is 1.84. The molecule has 8 nitrogen and oxygen atoms in total. The number of nitro benzene ring substituents is 1. The summed E-state index contributed by atoms with van der Waals surface area (Å²) in [4.78, 5) is 31.7. The number of non-ortho nitro benzene ring substituents is 1. The van der Waals surface area contributed by atoms with Gasteiger partial charge in [0.1, 0.15) is 5.75 Å². The van der Waals surface area contributed by atoms with Gasteiger partial charge in [-0.25, -0.2) is 4.79 Å². The average molecular weight is 269 g/mol. The Balaban J connectivity index is 2.52. The molecule has 0 aliphatic rings. The van der Waals surface area contributed by atoms with Crippen LogP contribution >= 0.6 is 0 Å². The maximum Gasteiger partial charge on any atom is 0.516 e. The van der Waals surface area contributed by atoms with Crippen LogP contribution in [0.1, 0.15) is 13.8 Å². The molecule has 0 bridgehead atoms. The van der Waals surface area contributed by atoms with Crippen molar-refractivity contribution in [2.75, 3.05) is 0 Å². The maximum atomic E-state index is 11.3. The highest BCUT2D eigenvalue weighted by molar-refractivity contribution is 5.67. The van der Waals surface area contributed by atoms with Crippen molar-refractivity contribution >= 4 is 17.8 Å². The van der Waals surface area contributed by atoms with Crippen molar-refractivity contribution in [2.45, 2.75) is 20.1 Å². The van der Waals surface area contributed by atoms with Crippen LogP contribution in [0.2, 0.25) is 0 Å². The Bertz CT molecular complexity index is 482. The molecule has 102 valence electrons. The second kappa shape index (κ2) is 6.34. The zero-order valence-electron chi connectivity index (χ0n) is 10.2. The fourth-order valence-corrected chi connectivity index (χ4v) is 1.15. The topological polar surface area (TPSA) is 105 Å². The number of carbonyl (C=O) groups is 2. The van der Waals surface area contributed by atoms with Crippen LogP contribution in [0, 0.1) is 10.1 Å². The predicted molar refractivity (Wildman–Crippen MR) is 61.4 cm³/mol. The fourth-order valence-electron chi connectivity index (χ4n) is 1.15. The van der Waals surface area contributed by atoms with E-state index in [9.17, 15) is 19.7 Å². The lowest BCUT2D eigenvalue weighted by Crippen LogP contribution is -2.22. The van der Waals surface area contributed by atoms with Crippen LogP contribution in [0.15, 0.2) is 24.3 Å². The normalized spacial score (nSPS) is 11.3. The molecule has 0 radical (unpaired) electrons. The molecule has 8 heteroatoms. The smallest absolute Gasteiger partial charge is 0.426 e. The van der Waals surface area contributed by atoms with Crippen molar-refractivity contribution in [3.8, 4) is 5.75 Å². The third kappa shape index (κ3) is 5.02. The van der Waals surface area contributed by atoms with Crippen molar-refractivity contribution in [3.63, 3.8) is 0 Å². The summed E-state index contributed by atoms with van der Waals surface area (Å²) in [5.74, 6) is -0.527. The van der Waals surface area contributed by atoms with Crippen molar-refractivity contribution in [2.24, 2.45) is 0 Å². The van der Waals surface area contributed by atoms with Gasteiger partial charge in [0.05, 0.1) is 4.92 Å². The first-order chi connectivity index (χ1) is 8.88. The molecule has 0 aromatic heterocycles. The molecule has 1 atom stereocenters. The van der Waals surface area contributed by atoms with Gasteiger partial charge in [-0.2, -0.15) is 0 Å². The third-order valence-electron chi connectivity index (χ3n) is 1.84. The summed E-state index contributed by atoms with van der Waals surface area (Å²) in [6, 6.07) is 4.85. The number of ether oxygens (including phenoxy) is 3. The van der Waals surface area contributed by atoms with Gasteiger partial charge in [-0.3, -0.25) is 14.9 Å². The quantitative estimate of drug-likeness (QED) is 0.270. The van der Waals surface area contributed by atoms with Crippen LogP contribution < -0.4 is 4.74 Å². The van der Waals surface area contributed by atoms with Crippen LogP contribution in [0.25, 0.3) is 0 Å². The van der Waals surface area contributed by atoms with E-state index in [1.165, 1.54) is 38.1 Å². The lowest BCUT2D eigenvalue weighted by Gasteiger charge is -2.12. The number of hydrogen-bond donors (Lipinski definition) is 0. The molecule has 0 amide bonds. The molecular weight excluding hydrogens is 258 g/mol. The van der Waals surface area contributed by atoms with Crippen molar-refractivity contribution in [1.82, 2.24) is 0 Å². The highest BCUT2D eigenvalue weighted by atomic mass is 16.8. The van der Waals surface area contributed by atoms with E-state index in [1.807, 2.05) is 0 Å². The molecule has 1 aromatic rings. The molecule has 0 fully saturated rings. The minimum Gasteiger partial charge on any atom is -0.426 e. The molecule has 0 aliphatic carbocycles. The van der Waals surface area contributed by atoms with Crippen LogP contribution in [0.5, 0.6) is 5.75 Å². The number of hydrogen-bond acceptors (Lipinski definition) is 7. The Labute approximate surface area is 108 Å². The lowest BCUT2D eigenvalue weighted by atomic mass is 10.3. The Hall–Kier alpha value is -2.64. The summed E-state index contributed by atoms with van der Waals surface area (Å²) in [5, 5.41) is 10.4. The Kier molecular flexibility index (Phi) is 4.81. The van der Waals surface area contributed by atoms with Gasteiger partial charge in [0, 0.05) is 26.0 Å². The van der Waals surface area contributed by atoms with Gasteiger partial charge in [0.25, 0.3) is 5.69 Å². The summed E-state index contributed by atoms with van der Waals surface area (Å²) >= 11 is 0. The molecule has 19 heavy (non-hydrogen) atoms. The molecule has 1 rings (SSSR count). The number of benzene rings is 1. The average Bonchev–Trinajstić information content (AvgIpc) is 2.27. The number of esters is 1.